The van der Waals surface area contributed by atoms with Crippen LogP contribution in [0.4, 0.5) is 8.78 Å². The van der Waals surface area contributed by atoms with Gasteiger partial charge in [-0.2, -0.15) is 0 Å². The molecule has 1 aromatic carbocycles. The van der Waals surface area contributed by atoms with Crippen molar-refractivity contribution in [3.63, 3.8) is 0 Å². The van der Waals surface area contributed by atoms with E-state index in [2.05, 4.69) is 15.2 Å². The van der Waals surface area contributed by atoms with E-state index in [1.54, 1.807) is 19.2 Å². The molecule has 0 bridgehead atoms. The van der Waals surface area contributed by atoms with Crippen molar-refractivity contribution in [2.75, 3.05) is 6.26 Å². The van der Waals surface area contributed by atoms with Crippen molar-refractivity contribution in [3.8, 4) is 22.9 Å². The van der Waals surface area contributed by atoms with Crippen molar-refractivity contribution in [1.82, 2.24) is 19.7 Å². The van der Waals surface area contributed by atoms with Gasteiger partial charge in [0.25, 0.3) is 0 Å². The van der Waals surface area contributed by atoms with Crippen molar-refractivity contribution in [2.24, 2.45) is 7.05 Å². The van der Waals surface area contributed by atoms with Crippen LogP contribution in [0.5, 0.6) is 0 Å². The molecule has 3 aromatic rings. The lowest BCUT2D eigenvalue weighted by Gasteiger charge is -2.07. The summed E-state index contributed by atoms with van der Waals surface area (Å²) in [5, 5.41) is 9.06. The highest BCUT2D eigenvalue weighted by atomic mass is 35.5. The molecule has 0 radical (unpaired) electrons. The molecule has 4 nitrogen and oxygen atoms in total. The minimum absolute atomic E-state index is 0.0722. The van der Waals surface area contributed by atoms with Gasteiger partial charge in [0.2, 0.25) is 0 Å². The summed E-state index contributed by atoms with van der Waals surface area (Å²) in [6.45, 7) is 0. The molecule has 0 unspecified atom stereocenters. The highest BCUT2D eigenvalue weighted by Gasteiger charge is 2.21. The smallest absolute Gasteiger partial charge is 0.184 e. The van der Waals surface area contributed by atoms with Gasteiger partial charge in [-0.15, -0.1) is 22.0 Å². The summed E-state index contributed by atoms with van der Waals surface area (Å²) in [6, 6.07) is 7.13. The first-order valence-electron chi connectivity index (χ1n) is 6.57. The Hall–Kier alpha value is -1.99. The lowest BCUT2D eigenvalue weighted by atomic mass is 10.2. The van der Waals surface area contributed by atoms with Crippen LogP contribution in [0.25, 0.3) is 22.9 Å². The molecule has 0 aliphatic heterocycles. The van der Waals surface area contributed by atoms with E-state index >= 15 is 0 Å². The molecule has 0 N–H and O–H groups in total. The van der Waals surface area contributed by atoms with Gasteiger partial charge in [0.1, 0.15) is 17.3 Å². The largest absolute Gasteiger partial charge is 0.309 e. The molecular weight excluding hydrogens is 342 g/mol. The third-order valence-corrected chi connectivity index (χ3v) is 4.25. The lowest BCUT2D eigenvalue weighted by Crippen LogP contribution is -2.01. The van der Waals surface area contributed by atoms with Crippen LogP contribution in [-0.4, -0.2) is 26.0 Å². The third-order valence-electron chi connectivity index (χ3n) is 3.30. The Labute approximate surface area is 140 Å². The maximum Gasteiger partial charge on any atom is 0.184 e. The van der Waals surface area contributed by atoms with Gasteiger partial charge < -0.3 is 4.57 Å². The Morgan fingerprint density at radius 2 is 1.70 bits per heavy atom. The molecule has 0 amide bonds. The number of nitrogens with zero attached hydrogens (tertiary/aromatic N) is 4. The summed E-state index contributed by atoms with van der Waals surface area (Å²) >= 11 is 7.63. The molecule has 0 atom stereocenters. The topological polar surface area (TPSA) is 43.6 Å². The molecule has 0 saturated heterocycles. The first-order valence-corrected chi connectivity index (χ1v) is 8.18. The van der Waals surface area contributed by atoms with E-state index < -0.39 is 11.6 Å². The van der Waals surface area contributed by atoms with Crippen molar-refractivity contribution in [1.29, 1.82) is 0 Å². The summed E-state index contributed by atoms with van der Waals surface area (Å²) in [6.07, 6.45) is 1.89. The van der Waals surface area contributed by atoms with Gasteiger partial charge in [0, 0.05) is 7.05 Å². The molecular formula is C15H11ClF2N4S. The van der Waals surface area contributed by atoms with Crippen LogP contribution in [-0.2, 0) is 7.05 Å². The highest BCUT2D eigenvalue weighted by Crippen LogP contribution is 2.30. The predicted molar refractivity (Wildman–Crippen MR) is 86.4 cm³/mol. The van der Waals surface area contributed by atoms with Crippen molar-refractivity contribution < 1.29 is 8.78 Å². The van der Waals surface area contributed by atoms with Crippen LogP contribution in [0.3, 0.4) is 0 Å². The molecule has 2 aromatic heterocycles. The second-order valence-corrected chi connectivity index (χ2v) is 5.92. The van der Waals surface area contributed by atoms with Gasteiger partial charge in [-0.3, -0.25) is 0 Å². The van der Waals surface area contributed by atoms with E-state index in [9.17, 15) is 8.78 Å². The fourth-order valence-corrected chi connectivity index (χ4v) is 2.74. The fourth-order valence-electron chi connectivity index (χ4n) is 2.16. The fraction of sp³-hybridized carbons (Fsp3) is 0.133. The average molecular weight is 353 g/mol. The SMILES string of the molecule is CSc1ccc(Cl)c(-c2nnc(-c3c(F)cccc3F)n2C)n1. The summed E-state index contributed by atoms with van der Waals surface area (Å²) < 4.78 is 29.4. The molecule has 2 heterocycles. The number of hydrogen-bond acceptors (Lipinski definition) is 4. The van der Waals surface area contributed by atoms with Gasteiger partial charge in [0.05, 0.1) is 15.6 Å². The van der Waals surface area contributed by atoms with Crippen LogP contribution in [0, 0.1) is 11.6 Å². The Morgan fingerprint density at radius 3 is 2.35 bits per heavy atom. The lowest BCUT2D eigenvalue weighted by molar-refractivity contribution is 0.586. The van der Waals surface area contributed by atoms with Gasteiger partial charge in [-0.25, -0.2) is 13.8 Å². The van der Waals surface area contributed by atoms with E-state index in [4.69, 9.17) is 11.6 Å². The zero-order valence-electron chi connectivity index (χ0n) is 12.2. The highest BCUT2D eigenvalue weighted by molar-refractivity contribution is 7.98. The summed E-state index contributed by atoms with van der Waals surface area (Å²) in [5.74, 6) is -1.00. The third kappa shape index (κ3) is 2.82. The van der Waals surface area contributed by atoms with E-state index in [1.165, 1.54) is 34.5 Å². The Morgan fingerprint density at radius 1 is 1.04 bits per heavy atom. The van der Waals surface area contributed by atoms with Crippen molar-refractivity contribution in [2.45, 2.75) is 5.03 Å². The zero-order chi connectivity index (χ0) is 16.6. The number of halogens is 3. The van der Waals surface area contributed by atoms with Gasteiger partial charge in [-0.05, 0) is 30.5 Å². The van der Waals surface area contributed by atoms with Gasteiger partial charge in [0.15, 0.2) is 11.6 Å². The van der Waals surface area contributed by atoms with Crippen molar-refractivity contribution in [3.05, 3.63) is 47.0 Å². The molecule has 3 rings (SSSR count). The molecule has 118 valence electrons. The molecule has 23 heavy (non-hydrogen) atoms. The minimum atomic E-state index is -0.705. The van der Waals surface area contributed by atoms with Crippen LogP contribution >= 0.6 is 23.4 Å². The van der Waals surface area contributed by atoms with Gasteiger partial charge in [-0.1, -0.05) is 17.7 Å². The number of thioether (sulfide) groups is 1. The Kier molecular flexibility index (Phi) is 4.32. The maximum absolute atomic E-state index is 14.0. The maximum atomic E-state index is 14.0. The number of pyridine rings is 1. The number of benzene rings is 1. The second kappa shape index (κ2) is 6.25. The van der Waals surface area contributed by atoms with Crippen LogP contribution in [0.2, 0.25) is 5.02 Å². The predicted octanol–water partition coefficient (Wildman–Crippen LogP) is 4.20. The first kappa shape index (κ1) is 15.9. The first-order chi connectivity index (χ1) is 11.0. The summed E-state index contributed by atoms with van der Waals surface area (Å²) in [7, 11) is 1.61. The summed E-state index contributed by atoms with van der Waals surface area (Å²) in [4.78, 5) is 4.39. The quantitative estimate of drug-likeness (QED) is 0.663. The second-order valence-electron chi connectivity index (χ2n) is 4.69. The van der Waals surface area contributed by atoms with Gasteiger partial charge >= 0.3 is 0 Å². The monoisotopic (exact) mass is 352 g/mol. The number of hydrogen-bond donors (Lipinski definition) is 0. The van der Waals surface area contributed by atoms with E-state index in [0.717, 1.165) is 5.03 Å². The van der Waals surface area contributed by atoms with E-state index in [1.807, 2.05) is 6.26 Å². The van der Waals surface area contributed by atoms with E-state index in [-0.39, 0.29) is 11.4 Å². The zero-order valence-corrected chi connectivity index (χ0v) is 13.8. The van der Waals surface area contributed by atoms with Crippen LogP contribution in [0.1, 0.15) is 0 Å². The summed E-state index contributed by atoms with van der Waals surface area (Å²) in [5.41, 5.74) is 0.183. The van der Waals surface area contributed by atoms with E-state index in [0.29, 0.717) is 16.5 Å². The van der Waals surface area contributed by atoms with Crippen LogP contribution in [0.15, 0.2) is 35.4 Å². The average Bonchev–Trinajstić information content (AvgIpc) is 2.89. The van der Waals surface area contributed by atoms with Crippen molar-refractivity contribution >= 4 is 23.4 Å². The Bertz CT molecular complexity index is 862. The standard InChI is InChI=1S/C15H11ClF2N4S/c1-22-14(12-9(17)4-3-5-10(12)18)20-21-15(22)13-8(16)6-7-11(19-13)23-2/h3-7H,1-2H3. The Balaban J connectivity index is 2.17. The molecule has 0 spiro atoms. The molecule has 8 heteroatoms. The molecule has 0 fully saturated rings. The van der Waals surface area contributed by atoms with Crippen LogP contribution < -0.4 is 0 Å². The number of aromatic nitrogens is 4. The molecule has 0 aliphatic carbocycles. The normalized spacial score (nSPS) is 11.0. The number of rotatable bonds is 3. The molecule has 0 aliphatic rings. The minimum Gasteiger partial charge on any atom is -0.309 e. The molecule has 0 saturated carbocycles.